The molecule has 1 amide bonds. The maximum atomic E-state index is 11.4. The zero-order chi connectivity index (χ0) is 15.1. The summed E-state index contributed by atoms with van der Waals surface area (Å²) in [6.07, 6.45) is 0. The number of nitriles is 1. The fourth-order valence-corrected chi connectivity index (χ4v) is 2.47. The Bertz CT molecular complexity index is 644. The van der Waals surface area contributed by atoms with Crippen molar-refractivity contribution in [3.63, 3.8) is 0 Å². The fraction of sp³-hybridized carbons (Fsp3) is 0.200. The van der Waals surface area contributed by atoms with E-state index in [9.17, 15) is 4.79 Å². The Hall–Kier alpha value is -2.36. The SMILES string of the molecule is COCC(=O)Nc1ccc(NCc2cc(C#N)cs2)cc1. The van der Waals surface area contributed by atoms with Crippen LogP contribution in [0, 0.1) is 11.3 Å². The molecule has 0 saturated carbocycles. The van der Waals surface area contributed by atoms with Gasteiger partial charge in [0.05, 0.1) is 5.56 Å². The maximum absolute atomic E-state index is 11.4. The number of thiophene rings is 1. The zero-order valence-electron chi connectivity index (χ0n) is 11.6. The van der Waals surface area contributed by atoms with Crippen LogP contribution in [0.1, 0.15) is 10.4 Å². The number of hydrogen-bond acceptors (Lipinski definition) is 5. The lowest BCUT2D eigenvalue weighted by Gasteiger charge is -2.07. The van der Waals surface area contributed by atoms with Gasteiger partial charge >= 0.3 is 0 Å². The van der Waals surface area contributed by atoms with Crippen molar-refractivity contribution >= 4 is 28.6 Å². The molecule has 0 aliphatic carbocycles. The Labute approximate surface area is 127 Å². The first-order valence-corrected chi connectivity index (χ1v) is 7.19. The van der Waals surface area contributed by atoms with Crippen LogP contribution in [0.15, 0.2) is 35.7 Å². The molecule has 0 spiro atoms. The van der Waals surface area contributed by atoms with Gasteiger partial charge in [0.25, 0.3) is 0 Å². The predicted octanol–water partition coefficient (Wildman–Crippen LogP) is 2.82. The van der Waals surface area contributed by atoms with Crippen LogP contribution in [-0.4, -0.2) is 19.6 Å². The molecule has 0 unspecified atom stereocenters. The van der Waals surface area contributed by atoms with Crippen LogP contribution in [-0.2, 0) is 16.1 Å². The number of nitrogens with one attached hydrogen (secondary N) is 2. The molecule has 1 heterocycles. The third-order valence-corrected chi connectivity index (χ3v) is 3.63. The van der Waals surface area contributed by atoms with E-state index in [1.807, 2.05) is 35.7 Å². The summed E-state index contributed by atoms with van der Waals surface area (Å²) in [5, 5.41) is 16.6. The number of hydrogen-bond donors (Lipinski definition) is 2. The van der Waals surface area contributed by atoms with Gasteiger partial charge in [-0.3, -0.25) is 4.79 Å². The summed E-state index contributed by atoms with van der Waals surface area (Å²) >= 11 is 1.55. The van der Waals surface area contributed by atoms with E-state index in [0.29, 0.717) is 12.1 Å². The lowest BCUT2D eigenvalue weighted by molar-refractivity contribution is -0.119. The summed E-state index contributed by atoms with van der Waals surface area (Å²) in [6.45, 7) is 0.710. The van der Waals surface area contributed by atoms with Crippen molar-refractivity contribution in [2.75, 3.05) is 24.4 Å². The first-order chi connectivity index (χ1) is 10.2. The Kier molecular flexibility index (Phi) is 5.32. The number of carbonyl (C=O) groups is 1. The van der Waals surface area contributed by atoms with E-state index in [0.717, 1.165) is 16.3 Å². The third-order valence-electron chi connectivity index (χ3n) is 2.69. The number of amides is 1. The van der Waals surface area contributed by atoms with Gasteiger partial charge < -0.3 is 15.4 Å². The van der Waals surface area contributed by atoms with E-state index in [2.05, 4.69) is 16.7 Å². The van der Waals surface area contributed by atoms with Gasteiger partial charge in [-0.05, 0) is 30.3 Å². The Morgan fingerprint density at radius 1 is 1.33 bits per heavy atom. The van der Waals surface area contributed by atoms with Crippen LogP contribution >= 0.6 is 11.3 Å². The van der Waals surface area contributed by atoms with Crippen LogP contribution in [0.4, 0.5) is 11.4 Å². The standard InChI is InChI=1S/C15H15N3O2S/c1-20-9-15(19)18-13-4-2-12(3-5-13)17-8-14-6-11(7-16)10-21-14/h2-6,10,17H,8-9H2,1H3,(H,18,19). The minimum Gasteiger partial charge on any atom is -0.380 e. The minimum atomic E-state index is -0.180. The molecule has 0 aliphatic rings. The molecule has 2 N–H and O–H groups in total. The molecule has 2 aromatic rings. The smallest absolute Gasteiger partial charge is 0.250 e. The second kappa shape index (κ2) is 7.43. The number of methoxy groups -OCH3 is 1. The summed E-state index contributed by atoms with van der Waals surface area (Å²) in [5.74, 6) is -0.180. The van der Waals surface area contributed by atoms with Gasteiger partial charge in [0.1, 0.15) is 12.7 Å². The van der Waals surface area contributed by atoms with Crippen molar-refractivity contribution in [2.24, 2.45) is 0 Å². The molecule has 0 saturated heterocycles. The van der Waals surface area contributed by atoms with Crippen LogP contribution in [0.3, 0.4) is 0 Å². The van der Waals surface area contributed by atoms with Crippen LogP contribution in [0.25, 0.3) is 0 Å². The van der Waals surface area contributed by atoms with Gasteiger partial charge in [-0.1, -0.05) is 0 Å². The van der Waals surface area contributed by atoms with Gasteiger partial charge in [0.2, 0.25) is 5.91 Å². The van der Waals surface area contributed by atoms with Gasteiger partial charge in [-0.2, -0.15) is 5.26 Å². The van der Waals surface area contributed by atoms with Crippen LogP contribution in [0.2, 0.25) is 0 Å². The van der Waals surface area contributed by atoms with Crippen molar-refractivity contribution in [2.45, 2.75) is 6.54 Å². The highest BCUT2D eigenvalue weighted by Crippen LogP contribution is 2.18. The fourth-order valence-electron chi connectivity index (χ4n) is 1.72. The maximum Gasteiger partial charge on any atom is 0.250 e. The normalized spacial score (nSPS) is 9.90. The molecule has 0 bridgehead atoms. The van der Waals surface area contributed by atoms with E-state index in [1.165, 1.54) is 7.11 Å². The molecule has 0 fully saturated rings. The lowest BCUT2D eigenvalue weighted by Crippen LogP contribution is -2.16. The van der Waals surface area contributed by atoms with Gasteiger partial charge in [-0.15, -0.1) is 11.3 Å². The number of nitrogens with zero attached hydrogens (tertiary/aromatic N) is 1. The molecular weight excluding hydrogens is 286 g/mol. The summed E-state index contributed by atoms with van der Waals surface area (Å²) in [4.78, 5) is 12.5. The Balaban J connectivity index is 1.87. The lowest BCUT2D eigenvalue weighted by atomic mass is 10.2. The highest BCUT2D eigenvalue weighted by atomic mass is 32.1. The monoisotopic (exact) mass is 301 g/mol. The third kappa shape index (κ3) is 4.60. The molecule has 1 aromatic heterocycles. The second-order valence-corrected chi connectivity index (χ2v) is 5.32. The quantitative estimate of drug-likeness (QED) is 0.860. The van der Waals surface area contributed by atoms with Gasteiger partial charge in [0.15, 0.2) is 0 Å². The average molecular weight is 301 g/mol. The molecule has 2 rings (SSSR count). The molecule has 5 nitrogen and oxygen atoms in total. The largest absolute Gasteiger partial charge is 0.380 e. The first-order valence-electron chi connectivity index (χ1n) is 6.31. The molecule has 0 atom stereocenters. The summed E-state index contributed by atoms with van der Waals surface area (Å²) < 4.78 is 4.75. The number of anilines is 2. The summed E-state index contributed by atoms with van der Waals surface area (Å²) in [7, 11) is 1.48. The molecule has 21 heavy (non-hydrogen) atoms. The van der Waals surface area contributed by atoms with Crippen LogP contribution < -0.4 is 10.6 Å². The van der Waals surface area contributed by atoms with E-state index in [1.54, 1.807) is 11.3 Å². The molecule has 0 aliphatic heterocycles. The van der Waals surface area contributed by atoms with Crippen molar-refractivity contribution in [3.05, 3.63) is 46.2 Å². The summed E-state index contributed by atoms with van der Waals surface area (Å²) in [6, 6.07) is 11.4. The predicted molar refractivity (Wildman–Crippen MR) is 83.3 cm³/mol. The summed E-state index contributed by atoms with van der Waals surface area (Å²) in [5.41, 5.74) is 2.37. The Morgan fingerprint density at radius 3 is 2.67 bits per heavy atom. The number of ether oxygens (including phenoxy) is 1. The average Bonchev–Trinajstić information content (AvgIpc) is 2.95. The second-order valence-electron chi connectivity index (χ2n) is 4.33. The number of rotatable bonds is 6. The van der Waals surface area contributed by atoms with Crippen molar-refractivity contribution < 1.29 is 9.53 Å². The van der Waals surface area contributed by atoms with E-state index >= 15 is 0 Å². The molecule has 108 valence electrons. The Morgan fingerprint density at radius 2 is 2.05 bits per heavy atom. The zero-order valence-corrected chi connectivity index (χ0v) is 12.4. The molecular formula is C15H15N3O2S. The van der Waals surface area contributed by atoms with Crippen LogP contribution in [0.5, 0.6) is 0 Å². The minimum absolute atomic E-state index is 0.0413. The van der Waals surface area contributed by atoms with Gasteiger partial charge in [0, 0.05) is 35.3 Å². The number of carbonyl (C=O) groups excluding carboxylic acids is 1. The molecule has 6 heteroatoms. The first kappa shape index (κ1) is 15.0. The van der Waals surface area contributed by atoms with Crippen molar-refractivity contribution in [1.29, 1.82) is 5.26 Å². The van der Waals surface area contributed by atoms with E-state index < -0.39 is 0 Å². The van der Waals surface area contributed by atoms with Crippen molar-refractivity contribution in [1.82, 2.24) is 0 Å². The number of benzene rings is 1. The van der Waals surface area contributed by atoms with Gasteiger partial charge in [-0.25, -0.2) is 0 Å². The highest BCUT2D eigenvalue weighted by molar-refractivity contribution is 7.10. The van der Waals surface area contributed by atoms with Crippen molar-refractivity contribution in [3.8, 4) is 6.07 Å². The molecule has 1 aromatic carbocycles. The molecule has 0 radical (unpaired) electrons. The van der Waals surface area contributed by atoms with E-state index in [-0.39, 0.29) is 12.5 Å². The van der Waals surface area contributed by atoms with E-state index in [4.69, 9.17) is 10.00 Å². The highest BCUT2D eigenvalue weighted by Gasteiger charge is 2.02. The topological polar surface area (TPSA) is 74.2 Å².